The highest BCUT2D eigenvalue weighted by atomic mass is 35.5. The molecule has 5 nitrogen and oxygen atoms in total. The van der Waals surface area contributed by atoms with Gasteiger partial charge in [-0.1, -0.05) is 29.8 Å². The summed E-state index contributed by atoms with van der Waals surface area (Å²) >= 11 is 5.90. The summed E-state index contributed by atoms with van der Waals surface area (Å²) in [5.74, 6) is 1.05. The smallest absolute Gasteiger partial charge is 0.255 e. The van der Waals surface area contributed by atoms with Crippen LogP contribution in [0.3, 0.4) is 0 Å². The Bertz CT molecular complexity index is 958. The van der Waals surface area contributed by atoms with Gasteiger partial charge in [-0.25, -0.2) is 4.98 Å². The van der Waals surface area contributed by atoms with E-state index in [1.165, 1.54) is 5.56 Å². The monoisotopic (exact) mass is 395 g/mol. The predicted octanol–water partition coefficient (Wildman–Crippen LogP) is 4.96. The molecule has 0 bridgehead atoms. The van der Waals surface area contributed by atoms with E-state index in [0.717, 1.165) is 17.0 Å². The third-order valence-corrected chi connectivity index (χ3v) is 4.51. The summed E-state index contributed by atoms with van der Waals surface area (Å²) in [5, 5.41) is 6.88. The number of carbonyl (C=O) groups excluding carboxylic acids is 1. The Kier molecular flexibility index (Phi) is 6.50. The fraction of sp³-hybridized carbons (Fsp3) is 0.182. The molecule has 0 radical (unpaired) electrons. The molecule has 28 heavy (non-hydrogen) atoms. The fourth-order valence-corrected chi connectivity index (χ4v) is 2.89. The van der Waals surface area contributed by atoms with Crippen LogP contribution >= 0.6 is 11.6 Å². The van der Waals surface area contributed by atoms with Crippen LogP contribution in [-0.4, -0.2) is 24.5 Å². The van der Waals surface area contributed by atoms with Gasteiger partial charge in [-0.05, 0) is 60.9 Å². The Balaban J connectivity index is 1.63. The van der Waals surface area contributed by atoms with Gasteiger partial charge in [-0.3, -0.25) is 4.79 Å². The lowest BCUT2D eigenvalue weighted by Crippen LogP contribution is -2.14. The summed E-state index contributed by atoms with van der Waals surface area (Å²) < 4.78 is 5.32. The highest BCUT2D eigenvalue weighted by Crippen LogP contribution is 2.25. The Morgan fingerprint density at radius 2 is 1.89 bits per heavy atom. The number of halogens is 1. The van der Waals surface area contributed by atoms with Crippen LogP contribution in [0.4, 0.5) is 11.5 Å². The first-order chi connectivity index (χ1) is 13.5. The van der Waals surface area contributed by atoms with E-state index in [1.807, 2.05) is 49.4 Å². The molecule has 0 aliphatic heterocycles. The van der Waals surface area contributed by atoms with E-state index in [2.05, 4.69) is 15.6 Å². The molecule has 0 saturated heterocycles. The highest BCUT2D eigenvalue weighted by molar-refractivity contribution is 6.30. The van der Waals surface area contributed by atoms with Gasteiger partial charge < -0.3 is 15.4 Å². The van der Waals surface area contributed by atoms with Crippen LogP contribution in [-0.2, 0) is 6.42 Å². The molecule has 0 unspecified atom stereocenters. The van der Waals surface area contributed by atoms with Gasteiger partial charge in [0.1, 0.15) is 11.6 Å². The Hall–Kier alpha value is -3.05. The van der Waals surface area contributed by atoms with Gasteiger partial charge in [-0.2, -0.15) is 0 Å². The van der Waals surface area contributed by atoms with Gasteiger partial charge in [0.25, 0.3) is 5.91 Å². The number of nitrogens with zero attached hydrogens (tertiary/aromatic N) is 1. The van der Waals surface area contributed by atoms with Crippen LogP contribution in [0.15, 0.2) is 60.8 Å². The Labute approximate surface area is 169 Å². The summed E-state index contributed by atoms with van der Waals surface area (Å²) in [4.78, 5) is 16.9. The topological polar surface area (TPSA) is 63.2 Å². The second-order valence-corrected chi connectivity index (χ2v) is 6.83. The van der Waals surface area contributed by atoms with E-state index in [9.17, 15) is 4.79 Å². The lowest BCUT2D eigenvalue weighted by Gasteiger charge is -2.12. The molecule has 0 atom stereocenters. The second-order valence-electron chi connectivity index (χ2n) is 6.39. The molecule has 1 aromatic heterocycles. The van der Waals surface area contributed by atoms with Crippen molar-refractivity contribution in [2.24, 2.45) is 0 Å². The number of rotatable bonds is 7. The number of aromatic nitrogens is 1. The molecule has 3 rings (SSSR count). The quantitative estimate of drug-likeness (QED) is 0.593. The summed E-state index contributed by atoms with van der Waals surface area (Å²) in [5.41, 5.74) is 3.38. The molecule has 144 valence electrons. The maximum Gasteiger partial charge on any atom is 0.255 e. The van der Waals surface area contributed by atoms with Crippen molar-refractivity contribution in [1.82, 2.24) is 4.98 Å². The number of hydrogen-bond acceptors (Lipinski definition) is 4. The molecular weight excluding hydrogens is 374 g/mol. The zero-order valence-corrected chi connectivity index (χ0v) is 16.6. The van der Waals surface area contributed by atoms with Crippen molar-refractivity contribution in [1.29, 1.82) is 0 Å². The standard InChI is InChI=1S/C22H22ClN3O2/c1-15-3-8-20(28-2)19(13-15)26-22(27)17-10-12-25-21(14-17)24-11-9-16-4-6-18(23)7-5-16/h3-8,10,12-14H,9,11H2,1-2H3,(H,24,25)(H,26,27). The molecule has 0 aliphatic rings. The summed E-state index contributed by atoms with van der Waals surface area (Å²) in [6, 6.07) is 16.8. The van der Waals surface area contributed by atoms with Crippen LogP contribution in [0.25, 0.3) is 0 Å². The largest absolute Gasteiger partial charge is 0.495 e. The average molecular weight is 396 g/mol. The Morgan fingerprint density at radius 1 is 1.11 bits per heavy atom. The van der Waals surface area contributed by atoms with Crippen molar-refractivity contribution < 1.29 is 9.53 Å². The van der Waals surface area contributed by atoms with Crippen molar-refractivity contribution in [2.75, 3.05) is 24.3 Å². The Morgan fingerprint density at radius 3 is 2.64 bits per heavy atom. The van der Waals surface area contributed by atoms with Gasteiger partial charge in [0, 0.05) is 23.3 Å². The first kappa shape index (κ1) is 19.7. The number of methoxy groups -OCH3 is 1. The number of pyridine rings is 1. The molecule has 3 aromatic rings. The number of carbonyl (C=O) groups is 1. The number of amides is 1. The SMILES string of the molecule is COc1ccc(C)cc1NC(=O)c1ccnc(NCCc2ccc(Cl)cc2)c1. The van der Waals surface area contributed by atoms with E-state index >= 15 is 0 Å². The fourth-order valence-electron chi connectivity index (χ4n) is 2.77. The van der Waals surface area contributed by atoms with E-state index in [0.29, 0.717) is 29.4 Å². The molecule has 1 amide bonds. The van der Waals surface area contributed by atoms with E-state index in [-0.39, 0.29) is 5.91 Å². The summed E-state index contributed by atoms with van der Waals surface area (Å²) in [6.07, 6.45) is 2.45. The van der Waals surface area contributed by atoms with Crippen molar-refractivity contribution in [3.8, 4) is 5.75 Å². The minimum atomic E-state index is -0.216. The molecule has 2 N–H and O–H groups in total. The molecule has 0 aliphatic carbocycles. The van der Waals surface area contributed by atoms with Crippen molar-refractivity contribution >= 4 is 29.0 Å². The molecule has 1 heterocycles. The van der Waals surface area contributed by atoms with Crippen LogP contribution in [0.2, 0.25) is 5.02 Å². The minimum absolute atomic E-state index is 0.216. The van der Waals surface area contributed by atoms with Gasteiger partial charge in [0.05, 0.1) is 12.8 Å². The highest BCUT2D eigenvalue weighted by Gasteiger charge is 2.11. The number of benzene rings is 2. The first-order valence-corrected chi connectivity index (χ1v) is 9.33. The molecule has 2 aromatic carbocycles. The molecular formula is C22H22ClN3O2. The van der Waals surface area contributed by atoms with Gasteiger partial charge in [0.2, 0.25) is 0 Å². The zero-order valence-electron chi connectivity index (χ0n) is 15.8. The number of anilines is 2. The third-order valence-electron chi connectivity index (χ3n) is 4.26. The molecule has 0 spiro atoms. The van der Waals surface area contributed by atoms with Crippen molar-refractivity contribution in [3.63, 3.8) is 0 Å². The van der Waals surface area contributed by atoms with Crippen molar-refractivity contribution in [2.45, 2.75) is 13.3 Å². The van der Waals surface area contributed by atoms with E-state index < -0.39 is 0 Å². The maximum atomic E-state index is 12.6. The number of ether oxygens (including phenoxy) is 1. The average Bonchev–Trinajstić information content (AvgIpc) is 2.70. The summed E-state index contributed by atoms with van der Waals surface area (Å²) in [7, 11) is 1.58. The first-order valence-electron chi connectivity index (χ1n) is 8.95. The number of nitrogens with one attached hydrogen (secondary N) is 2. The lowest BCUT2D eigenvalue weighted by molar-refractivity contribution is 0.102. The zero-order chi connectivity index (χ0) is 19.9. The molecule has 0 saturated carbocycles. The third kappa shape index (κ3) is 5.24. The van der Waals surface area contributed by atoms with Gasteiger partial charge >= 0.3 is 0 Å². The van der Waals surface area contributed by atoms with Crippen LogP contribution in [0.1, 0.15) is 21.5 Å². The van der Waals surface area contributed by atoms with Crippen LogP contribution < -0.4 is 15.4 Å². The lowest BCUT2D eigenvalue weighted by atomic mass is 10.1. The van der Waals surface area contributed by atoms with Gasteiger partial charge in [-0.15, -0.1) is 0 Å². The van der Waals surface area contributed by atoms with E-state index in [1.54, 1.807) is 25.4 Å². The van der Waals surface area contributed by atoms with Crippen LogP contribution in [0.5, 0.6) is 5.75 Å². The van der Waals surface area contributed by atoms with Crippen LogP contribution in [0, 0.1) is 6.92 Å². The summed E-state index contributed by atoms with van der Waals surface area (Å²) in [6.45, 7) is 2.66. The number of aryl methyl sites for hydroxylation is 1. The minimum Gasteiger partial charge on any atom is -0.495 e. The molecule has 0 fully saturated rings. The maximum absolute atomic E-state index is 12.6. The predicted molar refractivity (Wildman–Crippen MR) is 114 cm³/mol. The van der Waals surface area contributed by atoms with Gasteiger partial charge in [0.15, 0.2) is 0 Å². The molecule has 6 heteroatoms. The van der Waals surface area contributed by atoms with E-state index in [4.69, 9.17) is 16.3 Å². The second kappa shape index (κ2) is 9.24. The normalized spacial score (nSPS) is 10.4. The number of hydrogen-bond donors (Lipinski definition) is 2. The van der Waals surface area contributed by atoms with Crippen molar-refractivity contribution in [3.05, 3.63) is 82.5 Å².